The molecule has 2 N–H and O–H groups in total. The van der Waals surface area contributed by atoms with E-state index in [1.165, 1.54) is 12.4 Å². The number of aromatic nitrogens is 2. The molecular formula is C20H19ClN4O2. The van der Waals surface area contributed by atoms with Crippen LogP contribution in [0, 0.1) is 13.8 Å². The molecule has 138 valence electrons. The van der Waals surface area contributed by atoms with Crippen molar-refractivity contribution < 1.29 is 9.53 Å². The molecule has 27 heavy (non-hydrogen) atoms. The van der Waals surface area contributed by atoms with Crippen molar-refractivity contribution in [3.05, 3.63) is 70.6 Å². The fraction of sp³-hybridized carbons (Fsp3) is 0.150. The molecule has 1 heterocycles. The Hall–Kier alpha value is -3.12. The number of carbonyl (C=O) groups is 1. The molecule has 3 rings (SSSR count). The van der Waals surface area contributed by atoms with Gasteiger partial charge < -0.3 is 15.4 Å². The number of halogens is 1. The molecule has 0 spiro atoms. The summed E-state index contributed by atoms with van der Waals surface area (Å²) in [6, 6.07) is 11.1. The number of anilines is 3. The van der Waals surface area contributed by atoms with Gasteiger partial charge in [0.2, 0.25) is 0 Å². The number of amides is 1. The Morgan fingerprint density at radius 1 is 1.04 bits per heavy atom. The number of aryl methyl sites for hydroxylation is 2. The van der Waals surface area contributed by atoms with E-state index in [0.717, 1.165) is 16.8 Å². The van der Waals surface area contributed by atoms with Crippen molar-refractivity contribution in [2.45, 2.75) is 13.8 Å². The van der Waals surface area contributed by atoms with Gasteiger partial charge >= 0.3 is 0 Å². The molecule has 0 saturated carbocycles. The molecule has 0 atom stereocenters. The van der Waals surface area contributed by atoms with E-state index in [1.54, 1.807) is 25.3 Å². The van der Waals surface area contributed by atoms with Crippen molar-refractivity contribution in [3.63, 3.8) is 0 Å². The summed E-state index contributed by atoms with van der Waals surface area (Å²) in [4.78, 5) is 20.8. The third-order valence-electron chi connectivity index (χ3n) is 3.79. The Bertz CT molecular complexity index is 954. The molecule has 6 nitrogen and oxygen atoms in total. The van der Waals surface area contributed by atoms with E-state index in [2.05, 4.69) is 20.6 Å². The van der Waals surface area contributed by atoms with Crippen molar-refractivity contribution in [2.24, 2.45) is 0 Å². The Morgan fingerprint density at radius 2 is 1.78 bits per heavy atom. The summed E-state index contributed by atoms with van der Waals surface area (Å²) in [5.74, 6) is 0.774. The SMILES string of the molecule is COc1ccc(Cl)cc1Nc1cnc(C(=O)Nc2cc(C)cc(C)c2)cn1. The van der Waals surface area contributed by atoms with Crippen LogP contribution in [0.25, 0.3) is 0 Å². The minimum Gasteiger partial charge on any atom is -0.495 e. The van der Waals surface area contributed by atoms with Gasteiger partial charge in [-0.05, 0) is 55.3 Å². The van der Waals surface area contributed by atoms with Crippen LogP contribution >= 0.6 is 11.6 Å². The van der Waals surface area contributed by atoms with Crippen LogP contribution in [-0.4, -0.2) is 23.0 Å². The van der Waals surface area contributed by atoms with Crippen molar-refractivity contribution in [2.75, 3.05) is 17.7 Å². The summed E-state index contributed by atoms with van der Waals surface area (Å²) in [5.41, 5.74) is 3.76. The van der Waals surface area contributed by atoms with Crippen LogP contribution in [0.3, 0.4) is 0 Å². The smallest absolute Gasteiger partial charge is 0.275 e. The van der Waals surface area contributed by atoms with Crippen LogP contribution in [-0.2, 0) is 0 Å². The summed E-state index contributed by atoms with van der Waals surface area (Å²) in [6.45, 7) is 3.96. The molecule has 0 aliphatic rings. The van der Waals surface area contributed by atoms with Crippen LogP contribution in [0.15, 0.2) is 48.8 Å². The first-order valence-electron chi connectivity index (χ1n) is 8.27. The standard InChI is InChI=1S/C20H19ClN4O2/c1-12-6-13(2)8-15(7-12)24-20(26)17-10-23-19(11-22-17)25-16-9-14(21)4-5-18(16)27-3/h4-11H,1-3H3,(H,23,25)(H,24,26). The fourth-order valence-corrected chi connectivity index (χ4v) is 2.84. The molecule has 2 aromatic carbocycles. The minimum atomic E-state index is -0.320. The lowest BCUT2D eigenvalue weighted by Crippen LogP contribution is -2.14. The highest BCUT2D eigenvalue weighted by molar-refractivity contribution is 6.31. The molecule has 0 aliphatic carbocycles. The Morgan fingerprint density at radius 3 is 2.41 bits per heavy atom. The quantitative estimate of drug-likeness (QED) is 0.665. The number of nitrogens with one attached hydrogen (secondary N) is 2. The maximum Gasteiger partial charge on any atom is 0.275 e. The van der Waals surface area contributed by atoms with Crippen molar-refractivity contribution in [1.82, 2.24) is 9.97 Å². The molecular weight excluding hydrogens is 364 g/mol. The summed E-state index contributed by atoms with van der Waals surface area (Å²) >= 11 is 6.02. The number of ether oxygens (including phenoxy) is 1. The van der Waals surface area contributed by atoms with Gasteiger partial charge in [0, 0.05) is 10.7 Å². The Balaban J connectivity index is 1.73. The van der Waals surface area contributed by atoms with Gasteiger partial charge in [-0.25, -0.2) is 9.97 Å². The van der Waals surface area contributed by atoms with Gasteiger partial charge in [0.25, 0.3) is 5.91 Å². The minimum absolute atomic E-state index is 0.220. The molecule has 3 aromatic rings. The zero-order valence-electron chi connectivity index (χ0n) is 15.2. The van der Waals surface area contributed by atoms with E-state index in [4.69, 9.17) is 16.3 Å². The second-order valence-electron chi connectivity index (χ2n) is 6.09. The summed E-state index contributed by atoms with van der Waals surface area (Å²) in [5, 5.41) is 6.48. The monoisotopic (exact) mass is 382 g/mol. The van der Waals surface area contributed by atoms with Crippen LogP contribution < -0.4 is 15.4 Å². The lowest BCUT2D eigenvalue weighted by atomic mass is 10.1. The number of methoxy groups -OCH3 is 1. The molecule has 1 aromatic heterocycles. The van der Waals surface area contributed by atoms with Gasteiger partial charge in [0.05, 0.1) is 25.2 Å². The van der Waals surface area contributed by atoms with Crippen molar-refractivity contribution >= 4 is 34.7 Å². The van der Waals surface area contributed by atoms with E-state index in [-0.39, 0.29) is 11.6 Å². The van der Waals surface area contributed by atoms with E-state index in [1.807, 2.05) is 32.0 Å². The highest BCUT2D eigenvalue weighted by Crippen LogP contribution is 2.29. The molecule has 0 radical (unpaired) electrons. The topological polar surface area (TPSA) is 76.1 Å². The van der Waals surface area contributed by atoms with Gasteiger partial charge in [0.15, 0.2) is 0 Å². The van der Waals surface area contributed by atoms with E-state index < -0.39 is 0 Å². The fourth-order valence-electron chi connectivity index (χ4n) is 2.67. The van der Waals surface area contributed by atoms with Gasteiger partial charge in [-0.2, -0.15) is 0 Å². The largest absolute Gasteiger partial charge is 0.495 e. The summed E-state index contributed by atoms with van der Waals surface area (Å²) in [7, 11) is 1.57. The predicted molar refractivity (Wildman–Crippen MR) is 107 cm³/mol. The summed E-state index contributed by atoms with van der Waals surface area (Å²) in [6.07, 6.45) is 2.90. The average Bonchev–Trinajstić information content (AvgIpc) is 2.61. The number of benzene rings is 2. The third kappa shape index (κ3) is 4.74. The van der Waals surface area contributed by atoms with Gasteiger partial charge in [0.1, 0.15) is 17.3 Å². The first-order chi connectivity index (χ1) is 12.9. The van der Waals surface area contributed by atoms with Crippen LogP contribution in [0.1, 0.15) is 21.6 Å². The Labute approximate surface area is 162 Å². The van der Waals surface area contributed by atoms with Gasteiger partial charge in [-0.15, -0.1) is 0 Å². The first kappa shape index (κ1) is 18.7. The maximum atomic E-state index is 12.4. The highest BCUT2D eigenvalue weighted by Gasteiger charge is 2.10. The van der Waals surface area contributed by atoms with E-state index in [9.17, 15) is 4.79 Å². The number of rotatable bonds is 5. The number of hydrogen-bond donors (Lipinski definition) is 2. The molecule has 0 fully saturated rings. The lowest BCUT2D eigenvalue weighted by molar-refractivity contribution is 0.102. The van der Waals surface area contributed by atoms with Crippen molar-refractivity contribution in [3.8, 4) is 5.75 Å². The molecule has 1 amide bonds. The molecule has 0 saturated heterocycles. The van der Waals surface area contributed by atoms with Gasteiger partial charge in [-0.3, -0.25) is 4.79 Å². The molecule has 0 bridgehead atoms. The summed E-state index contributed by atoms with van der Waals surface area (Å²) < 4.78 is 5.29. The van der Waals surface area contributed by atoms with Crippen molar-refractivity contribution in [1.29, 1.82) is 0 Å². The first-order valence-corrected chi connectivity index (χ1v) is 8.64. The molecule has 7 heteroatoms. The predicted octanol–water partition coefficient (Wildman–Crippen LogP) is 4.75. The number of nitrogens with zero attached hydrogens (tertiary/aromatic N) is 2. The third-order valence-corrected chi connectivity index (χ3v) is 4.02. The van der Waals surface area contributed by atoms with E-state index >= 15 is 0 Å². The number of hydrogen-bond acceptors (Lipinski definition) is 5. The van der Waals surface area contributed by atoms with Crippen LogP contribution in [0.5, 0.6) is 5.75 Å². The zero-order valence-corrected chi connectivity index (χ0v) is 16.0. The second-order valence-corrected chi connectivity index (χ2v) is 6.52. The highest BCUT2D eigenvalue weighted by atomic mass is 35.5. The van der Waals surface area contributed by atoms with E-state index in [0.29, 0.717) is 22.3 Å². The van der Waals surface area contributed by atoms with Crippen LogP contribution in [0.2, 0.25) is 5.02 Å². The number of carbonyl (C=O) groups excluding carboxylic acids is 1. The average molecular weight is 383 g/mol. The maximum absolute atomic E-state index is 12.4. The van der Waals surface area contributed by atoms with Crippen LogP contribution in [0.4, 0.5) is 17.2 Å². The van der Waals surface area contributed by atoms with Gasteiger partial charge in [-0.1, -0.05) is 17.7 Å². The zero-order chi connectivity index (χ0) is 19.4. The lowest BCUT2D eigenvalue weighted by Gasteiger charge is -2.11. The normalized spacial score (nSPS) is 10.4. The second kappa shape index (κ2) is 8.05. The Kier molecular flexibility index (Phi) is 5.57. The molecule has 0 aliphatic heterocycles. The molecule has 0 unspecified atom stereocenters.